The minimum Gasteiger partial charge on any atom is -0.492 e. The van der Waals surface area contributed by atoms with Gasteiger partial charge < -0.3 is 14.7 Å². The van der Waals surface area contributed by atoms with Gasteiger partial charge in [-0.1, -0.05) is 18.2 Å². The molecule has 4 nitrogen and oxygen atoms in total. The SMILES string of the molecule is O=C(O)N1CCC2(CC1)COc1ccccc12. The molecule has 1 saturated heterocycles. The van der Waals surface area contributed by atoms with Crippen LogP contribution in [0, 0.1) is 0 Å². The van der Waals surface area contributed by atoms with Gasteiger partial charge in [-0.25, -0.2) is 4.79 Å². The molecule has 0 unspecified atom stereocenters. The Morgan fingerprint density at radius 2 is 2.00 bits per heavy atom. The van der Waals surface area contributed by atoms with Gasteiger partial charge in [0.15, 0.2) is 0 Å². The zero-order valence-electron chi connectivity index (χ0n) is 9.56. The summed E-state index contributed by atoms with van der Waals surface area (Å²) < 4.78 is 5.72. The maximum atomic E-state index is 10.9. The van der Waals surface area contributed by atoms with E-state index in [0.29, 0.717) is 19.7 Å². The van der Waals surface area contributed by atoms with Crippen molar-refractivity contribution in [1.29, 1.82) is 0 Å². The van der Waals surface area contributed by atoms with Crippen molar-refractivity contribution in [2.24, 2.45) is 0 Å². The first-order chi connectivity index (χ1) is 8.21. The molecule has 0 aromatic heterocycles. The van der Waals surface area contributed by atoms with Crippen molar-refractivity contribution in [3.05, 3.63) is 29.8 Å². The molecule has 0 aliphatic carbocycles. The molecule has 0 bridgehead atoms. The number of likely N-dealkylation sites (tertiary alicyclic amines) is 1. The van der Waals surface area contributed by atoms with Crippen molar-refractivity contribution in [2.45, 2.75) is 18.3 Å². The monoisotopic (exact) mass is 233 g/mol. The standard InChI is InChI=1S/C13H15NO3/c15-12(16)14-7-5-13(6-8-14)9-17-11-4-2-1-3-10(11)13/h1-4H,5-9H2,(H,15,16). The molecule has 4 heteroatoms. The number of nitrogens with zero attached hydrogens (tertiary/aromatic N) is 1. The topological polar surface area (TPSA) is 49.8 Å². The highest BCUT2D eigenvalue weighted by Crippen LogP contribution is 2.45. The molecule has 90 valence electrons. The summed E-state index contributed by atoms with van der Waals surface area (Å²) in [5.74, 6) is 0.969. The molecule has 1 spiro atoms. The van der Waals surface area contributed by atoms with Gasteiger partial charge in [0.05, 0.1) is 6.61 Å². The second-order valence-electron chi connectivity index (χ2n) is 4.83. The molecule has 3 rings (SSSR count). The van der Waals surface area contributed by atoms with Crippen LogP contribution < -0.4 is 4.74 Å². The van der Waals surface area contributed by atoms with Gasteiger partial charge in [0.25, 0.3) is 0 Å². The fourth-order valence-corrected chi connectivity index (χ4v) is 2.86. The summed E-state index contributed by atoms with van der Waals surface area (Å²) in [5.41, 5.74) is 1.30. The zero-order valence-corrected chi connectivity index (χ0v) is 9.56. The van der Waals surface area contributed by atoms with Crippen LogP contribution in [-0.2, 0) is 5.41 Å². The van der Waals surface area contributed by atoms with E-state index in [2.05, 4.69) is 6.07 Å². The van der Waals surface area contributed by atoms with Crippen molar-refractivity contribution in [3.8, 4) is 5.75 Å². The van der Waals surface area contributed by atoms with Gasteiger partial charge in [-0.05, 0) is 18.9 Å². The van der Waals surface area contributed by atoms with Gasteiger partial charge >= 0.3 is 6.09 Å². The minimum atomic E-state index is -0.813. The Bertz CT molecular complexity index is 450. The molecule has 1 amide bonds. The Morgan fingerprint density at radius 1 is 1.29 bits per heavy atom. The number of rotatable bonds is 0. The van der Waals surface area contributed by atoms with E-state index >= 15 is 0 Å². The average Bonchev–Trinajstić information content (AvgIpc) is 2.70. The van der Waals surface area contributed by atoms with Crippen molar-refractivity contribution in [1.82, 2.24) is 4.90 Å². The number of ether oxygens (including phenoxy) is 1. The van der Waals surface area contributed by atoms with E-state index in [1.54, 1.807) is 0 Å². The van der Waals surface area contributed by atoms with Crippen molar-refractivity contribution < 1.29 is 14.6 Å². The van der Waals surface area contributed by atoms with Crippen molar-refractivity contribution in [3.63, 3.8) is 0 Å². The molecule has 0 saturated carbocycles. The summed E-state index contributed by atoms with van der Waals surface area (Å²) in [4.78, 5) is 12.4. The lowest BCUT2D eigenvalue weighted by molar-refractivity contribution is 0.108. The van der Waals surface area contributed by atoms with Crippen LogP contribution >= 0.6 is 0 Å². The van der Waals surface area contributed by atoms with Crippen LogP contribution in [0.5, 0.6) is 5.75 Å². The van der Waals surface area contributed by atoms with Crippen molar-refractivity contribution in [2.75, 3.05) is 19.7 Å². The third-order valence-corrected chi connectivity index (χ3v) is 3.95. The van der Waals surface area contributed by atoms with Gasteiger partial charge in [0.2, 0.25) is 0 Å². The molecule has 1 aromatic rings. The maximum Gasteiger partial charge on any atom is 0.407 e. The fraction of sp³-hybridized carbons (Fsp3) is 0.462. The van der Waals surface area contributed by atoms with E-state index in [1.807, 2.05) is 18.2 Å². The van der Waals surface area contributed by atoms with E-state index in [-0.39, 0.29) is 5.41 Å². The summed E-state index contributed by atoms with van der Waals surface area (Å²) in [7, 11) is 0. The Morgan fingerprint density at radius 3 is 2.71 bits per heavy atom. The number of piperidine rings is 1. The maximum absolute atomic E-state index is 10.9. The van der Waals surface area contributed by atoms with Crippen LogP contribution in [0.2, 0.25) is 0 Å². The molecule has 2 heterocycles. The first-order valence-corrected chi connectivity index (χ1v) is 5.91. The number of benzene rings is 1. The Hall–Kier alpha value is -1.71. The lowest BCUT2D eigenvalue weighted by Gasteiger charge is -2.37. The predicted molar refractivity (Wildman–Crippen MR) is 62.4 cm³/mol. The highest BCUT2D eigenvalue weighted by molar-refractivity contribution is 5.65. The quantitative estimate of drug-likeness (QED) is 0.746. The van der Waals surface area contributed by atoms with Gasteiger partial charge in [0.1, 0.15) is 5.75 Å². The fourth-order valence-electron chi connectivity index (χ4n) is 2.86. The highest BCUT2D eigenvalue weighted by Gasteiger charge is 2.43. The normalized spacial score (nSPS) is 21.1. The number of carboxylic acid groups (broad SMARTS) is 1. The third-order valence-electron chi connectivity index (χ3n) is 3.95. The number of hydrogen-bond acceptors (Lipinski definition) is 2. The van der Waals surface area contributed by atoms with Gasteiger partial charge in [-0.15, -0.1) is 0 Å². The number of carbonyl (C=O) groups is 1. The predicted octanol–water partition coefficient (Wildman–Crippen LogP) is 2.09. The van der Waals surface area contributed by atoms with Gasteiger partial charge in [-0.2, -0.15) is 0 Å². The molecule has 1 N–H and O–H groups in total. The molecule has 17 heavy (non-hydrogen) atoms. The summed E-state index contributed by atoms with van der Waals surface area (Å²) in [5, 5.41) is 8.96. The summed E-state index contributed by atoms with van der Waals surface area (Å²) in [6.07, 6.45) is 0.902. The molecular formula is C13H15NO3. The Balaban J connectivity index is 1.85. The second-order valence-corrected chi connectivity index (χ2v) is 4.83. The summed E-state index contributed by atoms with van der Waals surface area (Å²) >= 11 is 0. The van der Waals surface area contributed by atoms with Crippen LogP contribution in [0.4, 0.5) is 4.79 Å². The van der Waals surface area contributed by atoms with Gasteiger partial charge in [0, 0.05) is 24.1 Å². The summed E-state index contributed by atoms with van der Waals surface area (Å²) in [6, 6.07) is 8.11. The van der Waals surface area contributed by atoms with E-state index in [9.17, 15) is 4.79 Å². The minimum absolute atomic E-state index is 0.0442. The summed E-state index contributed by atoms with van der Waals surface area (Å²) in [6.45, 7) is 1.90. The molecule has 2 aliphatic heterocycles. The molecule has 0 radical (unpaired) electrons. The van der Waals surface area contributed by atoms with E-state index in [1.165, 1.54) is 10.5 Å². The zero-order chi connectivity index (χ0) is 11.9. The number of fused-ring (bicyclic) bond motifs is 2. The smallest absolute Gasteiger partial charge is 0.407 e. The van der Waals surface area contributed by atoms with Gasteiger partial charge in [-0.3, -0.25) is 0 Å². The lowest BCUT2D eigenvalue weighted by Crippen LogP contribution is -2.45. The number of hydrogen-bond donors (Lipinski definition) is 1. The first-order valence-electron chi connectivity index (χ1n) is 5.91. The molecular weight excluding hydrogens is 218 g/mol. The second kappa shape index (κ2) is 3.65. The van der Waals surface area contributed by atoms with Crippen LogP contribution in [0.15, 0.2) is 24.3 Å². The molecule has 1 fully saturated rings. The van der Waals surface area contributed by atoms with Crippen LogP contribution in [0.1, 0.15) is 18.4 Å². The number of amides is 1. The highest BCUT2D eigenvalue weighted by atomic mass is 16.5. The lowest BCUT2D eigenvalue weighted by atomic mass is 9.74. The Kier molecular flexibility index (Phi) is 2.24. The molecule has 2 aliphatic rings. The van der Waals surface area contributed by atoms with E-state index in [0.717, 1.165) is 18.6 Å². The largest absolute Gasteiger partial charge is 0.492 e. The van der Waals surface area contributed by atoms with Crippen molar-refractivity contribution >= 4 is 6.09 Å². The Labute approximate surface area is 99.8 Å². The van der Waals surface area contributed by atoms with Crippen LogP contribution in [0.3, 0.4) is 0 Å². The average molecular weight is 233 g/mol. The van der Waals surface area contributed by atoms with E-state index < -0.39 is 6.09 Å². The van der Waals surface area contributed by atoms with Crippen LogP contribution in [0.25, 0.3) is 0 Å². The molecule has 0 atom stereocenters. The number of para-hydroxylation sites is 1. The van der Waals surface area contributed by atoms with E-state index in [4.69, 9.17) is 9.84 Å². The molecule has 1 aromatic carbocycles. The van der Waals surface area contributed by atoms with Crippen LogP contribution in [-0.4, -0.2) is 35.8 Å². The third kappa shape index (κ3) is 1.55. The first kappa shape index (κ1) is 10.4.